The smallest absolute Gasteiger partial charge is 0.325 e. The summed E-state index contributed by atoms with van der Waals surface area (Å²) in [5.74, 6) is -3.67. The van der Waals surface area contributed by atoms with Gasteiger partial charge in [-0.1, -0.05) is 54.9 Å². The van der Waals surface area contributed by atoms with Crippen molar-refractivity contribution in [2.75, 3.05) is 0 Å². The predicted molar refractivity (Wildman–Crippen MR) is 155 cm³/mol. The number of aryl methyl sites for hydroxylation is 1. The summed E-state index contributed by atoms with van der Waals surface area (Å²) in [6, 6.07) is 12.6. The van der Waals surface area contributed by atoms with E-state index in [0.29, 0.717) is 5.56 Å². The van der Waals surface area contributed by atoms with Crippen LogP contribution in [0.15, 0.2) is 59.5 Å². The number of nitrogens with one attached hydrogen (secondary N) is 1. The first kappa shape index (κ1) is 32.7. The summed E-state index contributed by atoms with van der Waals surface area (Å²) in [5.41, 5.74) is 1.29. The predicted octanol–water partition coefficient (Wildman–Crippen LogP) is 7.31. The number of esters is 1. The van der Waals surface area contributed by atoms with Gasteiger partial charge >= 0.3 is 5.97 Å². The SMILES string of the molecule is Cc1ccc(F)c(C(C)[C@H](NS(=O)(=O)c2c(F)cc(Cl)cc2C(C)OCc2ccccc2)C(=O)OC(C)(C)C)c1C. The van der Waals surface area contributed by atoms with Crippen molar-refractivity contribution in [2.24, 2.45) is 0 Å². The maximum absolute atomic E-state index is 15.4. The van der Waals surface area contributed by atoms with Gasteiger partial charge in [-0.3, -0.25) is 4.79 Å². The molecule has 0 fully saturated rings. The molecule has 3 rings (SSSR count). The van der Waals surface area contributed by atoms with Gasteiger partial charge < -0.3 is 9.47 Å². The second-order valence-electron chi connectivity index (χ2n) is 11.1. The molecular weight excluding hydrogens is 572 g/mol. The molecule has 0 saturated carbocycles. The number of ether oxygens (including phenoxy) is 2. The van der Waals surface area contributed by atoms with Gasteiger partial charge in [-0.2, -0.15) is 4.72 Å². The third-order valence-electron chi connectivity index (χ3n) is 6.72. The monoisotopic (exact) mass is 607 g/mol. The van der Waals surface area contributed by atoms with E-state index in [2.05, 4.69) is 4.72 Å². The van der Waals surface area contributed by atoms with Crippen molar-refractivity contribution in [3.05, 3.63) is 99.1 Å². The van der Waals surface area contributed by atoms with Crippen molar-refractivity contribution in [1.29, 1.82) is 0 Å². The molecule has 222 valence electrons. The summed E-state index contributed by atoms with van der Waals surface area (Å²) in [7, 11) is -4.74. The van der Waals surface area contributed by atoms with Gasteiger partial charge in [0.1, 0.15) is 28.2 Å². The zero-order valence-electron chi connectivity index (χ0n) is 24.2. The van der Waals surface area contributed by atoms with Gasteiger partial charge in [0.25, 0.3) is 0 Å². The number of rotatable bonds is 10. The summed E-state index contributed by atoms with van der Waals surface area (Å²) < 4.78 is 72.0. The van der Waals surface area contributed by atoms with E-state index in [-0.39, 0.29) is 22.8 Å². The van der Waals surface area contributed by atoms with Crippen molar-refractivity contribution in [1.82, 2.24) is 4.72 Å². The van der Waals surface area contributed by atoms with Gasteiger partial charge in [-0.05, 0) is 82.0 Å². The highest BCUT2D eigenvalue weighted by Gasteiger charge is 2.38. The molecule has 10 heteroatoms. The summed E-state index contributed by atoms with van der Waals surface area (Å²) in [6.07, 6.45) is -0.899. The van der Waals surface area contributed by atoms with Crippen molar-refractivity contribution in [3.8, 4) is 0 Å². The lowest BCUT2D eigenvalue weighted by molar-refractivity contribution is -0.157. The van der Waals surface area contributed by atoms with E-state index in [0.717, 1.165) is 17.2 Å². The van der Waals surface area contributed by atoms with Crippen LogP contribution in [0.2, 0.25) is 5.02 Å². The average molecular weight is 608 g/mol. The first-order chi connectivity index (χ1) is 19.0. The number of hydrogen-bond donors (Lipinski definition) is 1. The van der Waals surface area contributed by atoms with Crippen LogP contribution in [-0.2, 0) is 30.9 Å². The molecule has 41 heavy (non-hydrogen) atoms. The van der Waals surface area contributed by atoms with E-state index in [4.69, 9.17) is 21.1 Å². The molecule has 2 unspecified atom stereocenters. The molecule has 0 aliphatic heterocycles. The maximum atomic E-state index is 15.4. The van der Waals surface area contributed by atoms with Crippen molar-refractivity contribution in [2.45, 2.75) is 83.6 Å². The Morgan fingerprint density at radius 3 is 2.24 bits per heavy atom. The van der Waals surface area contributed by atoms with Gasteiger partial charge in [0.2, 0.25) is 10.0 Å². The number of benzene rings is 3. The summed E-state index contributed by atoms with van der Waals surface area (Å²) in [4.78, 5) is 12.7. The molecule has 0 radical (unpaired) electrons. The van der Waals surface area contributed by atoms with Crippen LogP contribution >= 0.6 is 11.6 Å². The first-order valence-corrected chi connectivity index (χ1v) is 15.0. The number of sulfonamides is 1. The fourth-order valence-corrected chi connectivity index (χ4v) is 6.34. The standard InChI is InChI=1S/C31H36ClF2NO5S/c1-18-13-14-25(33)27(19(18)2)20(3)28(30(36)40-31(5,6)7)35-41(37,38)29-24(15-23(32)16-26(29)34)21(4)39-17-22-11-9-8-10-12-22/h8-16,20-21,28,35H,17H2,1-7H3/t20?,21?,28-/m0/s1. The number of hydrogen-bond acceptors (Lipinski definition) is 5. The Morgan fingerprint density at radius 1 is 1.00 bits per heavy atom. The lowest BCUT2D eigenvalue weighted by Crippen LogP contribution is -2.47. The topological polar surface area (TPSA) is 81.7 Å². The third-order valence-corrected chi connectivity index (χ3v) is 8.47. The first-order valence-electron chi connectivity index (χ1n) is 13.2. The van der Waals surface area contributed by atoms with Crippen LogP contribution < -0.4 is 4.72 Å². The van der Waals surface area contributed by atoms with Gasteiger partial charge in [-0.25, -0.2) is 17.2 Å². The molecule has 3 aromatic carbocycles. The quantitative estimate of drug-likeness (QED) is 0.245. The van der Waals surface area contributed by atoms with E-state index in [1.54, 1.807) is 47.6 Å². The molecule has 3 aromatic rings. The maximum Gasteiger partial charge on any atom is 0.325 e. The molecule has 0 heterocycles. The van der Waals surface area contributed by atoms with E-state index in [1.165, 1.54) is 19.1 Å². The number of carbonyl (C=O) groups excluding carboxylic acids is 1. The average Bonchev–Trinajstić information content (AvgIpc) is 2.87. The second kappa shape index (κ2) is 13.0. The van der Waals surface area contributed by atoms with Gasteiger partial charge in [-0.15, -0.1) is 0 Å². The minimum absolute atomic E-state index is 0.0267. The van der Waals surface area contributed by atoms with Crippen molar-refractivity contribution >= 4 is 27.6 Å². The Bertz CT molecular complexity index is 1510. The molecule has 0 spiro atoms. The van der Waals surface area contributed by atoms with Gasteiger partial charge in [0.15, 0.2) is 0 Å². The molecule has 3 atom stereocenters. The molecule has 0 aliphatic rings. The van der Waals surface area contributed by atoms with Crippen molar-refractivity contribution < 1.29 is 31.5 Å². The molecule has 1 N–H and O–H groups in total. The normalized spacial score (nSPS) is 14.4. The Morgan fingerprint density at radius 2 is 1.63 bits per heavy atom. The number of halogens is 3. The Kier molecular flexibility index (Phi) is 10.3. The Hall–Kier alpha value is -2.85. The van der Waals surface area contributed by atoms with Crippen LogP contribution in [0.5, 0.6) is 0 Å². The third kappa shape index (κ3) is 8.13. The van der Waals surface area contributed by atoms with Crippen LogP contribution in [-0.4, -0.2) is 26.0 Å². The lowest BCUT2D eigenvalue weighted by atomic mass is 9.88. The Balaban J connectivity index is 2.07. The zero-order chi connectivity index (χ0) is 30.7. The van der Waals surface area contributed by atoms with Gasteiger partial charge in [0.05, 0.1) is 12.7 Å². The van der Waals surface area contributed by atoms with Crippen LogP contribution in [0.3, 0.4) is 0 Å². The van der Waals surface area contributed by atoms with Crippen LogP contribution in [0, 0.1) is 25.5 Å². The van der Waals surface area contributed by atoms with Crippen molar-refractivity contribution in [3.63, 3.8) is 0 Å². The molecule has 0 amide bonds. The van der Waals surface area contributed by atoms with E-state index < -0.39 is 56.2 Å². The summed E-state index contributed by atoms with van der Waals surface area (Å²) >= 11 is 6.12. The van der Waals surface area contributed by atoms with Crippen LogP contribution in [0.4, 0.5) is 8.78 Å². The fraction of sp³-hybridized carbons (Fsp3) is 0.387. The molecule has 0 aromatic heterocycles. The highest BCUT2D eigenvalue weighted by Crippen LogP contribution is 2.34. The van der Waals surface area contributed by atoms with Crippen LogP contribution in [0.25, 0.3) is 0 Å². The highest BCUT2D eigenvalue weighted by molar-refractivity contribution is 7.89. The molecule has 0 bridgehead atoms. The zero-order valence-corrected chi connectivity index (χ0v) is 25.8. The summed E-state index contributed by atoms with van der Waals surface area (Å²) in [5, 5.41) is -0.0267. The van der Waals surface area contributed by atoms with E-state index in [9.17, 15) is 13.2 Å². The van der Waals surface area contributed by atoms with Gasteiger partial charge in [0, 0.05) is 16.5 Å². The largest absolute Gasteiger partial charge is 0.459 e. The summed E-state index contributed by atoms with van der Waals surface area (Å²) in [6.45, 7) is 11.6. The minimum atomic E-state index is -4.74. The Labute approximate surface area is 246 Å². The molecular formula is C31H36ClF2NO5S. The van der Waals surface area contributed by atoms with E-state index >= 15 is 8.78 Å². The molecule has 0 aliphatic carbocycles. The van der Waals surface area contributed by atoms with Crippen LogP contribution in [0.1, 0.15) is 74.5 Å². The molecule has 0 saturated heterocycles. The second-order valence-corrected chi connectivity index (χ2v) is 13.2. The molecule has 6 nitrogen and oxygen atoms in total. The highest BCUT2D eigenvalue weighted by atomic mass is 35.5. The van der Waals surface area contributed by atoms with E-state index in [1.807, 2.05) is 30.3 Å². The lowest BCUT2D eigenvalue weighted by Gasteiger charge is -2.30. The number of carbonyl (C=O) groups is 1. The minimum Gasteiger partial charge on any atom is -0.459 e. The fourth-order valence-electron chi connectivity index (χ4n) is 4.53.